The summed E-state index contributed by atoms with van der Waals surface area (Å²) in [5.41, 5.74) is 0.574. The van der Waals surface area contributed by atoms with Crippen LogP contribution >= 0.6 is 0 Å². The number of nitrogens with one attached hydrogen (secondary N) is 1. The number of ether oxygens (including phenoxy) is 1. The van der Waals surface area contributed by atoms with Gasteiger partial charge in [0.05, 0.1) is 10.5 Å². The summed E-state index contributed by atoms with van der Waals surface area (Å²) in [4.78, 5) is 10.4. The van der Waals surface area contributed by atoms with Crippen LogP contribution in [-0.4, -0.2) is 26.1 Å². The fraction of sp³-hybridized carbons (Fsp3) is 0.409. The van der Waals surface area contributed by atoms with Gasteiger partial charge < -0.3 is 9.84 Å². The highest BCUT2D eigenvalue weighted by Gasteiger charge is 2.34. The third kappa shape index (κ3) is 5.42. The van der Waals surface area contributed by atoms with E-state index in [1.165, 1.54) is 6.07 Å². The monoisotopic (exact) mass is 471 g/mol. The van der Waals surface area contributed by atoms with Crippen LogP contribution in [0.3, 0.4) is 0 Å². The number of hydrogen-bond acceptors (Lipinski definition) is 4. The van der Waals surface area contributed by atoms with Crippen LogP contribution in [0.4, 0.5) is 13.2 Å². The predicted octanol–water partition coefficient (Wildman–Crippen LogP) is 4.65. The lowest BCUT2D eigenvalue weighted by molar-refractivity contribution is -0.139. The van der Waals surface area contributed by atoms with Crippen molar-refractivity contribution in [3.05, 3.63) is 58.7 Å². The van der Waals surface area contributed by atoms with Crippen molar-refractivity contribution in [1.29, 1.82) is 0 Å². The van der Waals surface area contributed by atoms with E-state index in [0.717, 1.165) is 6.07 Å². The van der Waals surface area contributed by atoms with Crippen molar-refractivity contribution in [2.75, 3.05) is 6.61 Å². The molecule has 10 heteroatoms. The number of hydrogen-bond donors (Lipinski definition) is 2. The summed E-state index contributed by atoms with van der Waals surface area (Å²) in [7, 11) is -4.26. The minimum absolute atomic E-state index is 0.272. The molecular formula is C22H24F3NO5S. The molecule has 1 aliphatic rings. The van der Waals surface area contributed by atoms with Crippen LogP contribution in [0, 0.1) is 0 Å². The van der Waals surface area contributed by atoms with Crippen molar-refractivity contribution in [1.82, 2.24) is 4.72 Å². The van der Waals surface area contributed by atoms with Gasteiger partial charge in [-0.1, -0.05) is 26.0 Å². The fourth-order valence-corrected chi connectivity index (χ4v) is 5.07. The minimum atomic E-state index is -4.68. The van der Waals surface area contributed by atoms with Crippen LogP contribution in [0.1, 0.15) is 60.9 Å². The van der Waals surface area contributed by atoms with E-state index < -0.39 is 45.3 Å². The topological polar surface area (TPSA) is 92.7 Å². The van der Waals surface area contributed by atoms with Gasteiger partial charge in [-0.15, -0.1) is 0 Å². The number of fused-ring (bicyclic) bond motifs is 1. The van der Waals surface area contributed by atoms with Crippen molar-refractivity contribution in [2.24, 2.45) is 0 Å². The maximum Gasteiger partial charge on any atom is 0.416 e. The highest BCUT2D eigenvalue weighted by molar-refractivity contribution is 7.89. The Kier molecular flexibility index (Phi) is 6.85. The second kappa shape index (κ2) is 9.11. The van der Waals surface area contributed by atoms with E-state index in [0.29, 0.717) is 42.2 Å². The predicted molar refractivity (Wildman–Crippen MR) is 111 cm³/mol. The Morgan fingerprint density at radius 2 is 1.97 bits per heavy atom. The van der Waals surface area contributed by atoms with Crippen LogP contribution in [-0.2, 0) is 27.4 Å². The van der Waals surface area contributed by atoms with Gasteiger partial charge >= 0.3 is 12.1 Å². The molecule has 2 N–H and O–H groups in total. The summed E-state index contributed by atoms with van der Waals surface area (Å²) in [6, 6.07) is 7.15. The van der Waals surface area contributed by atoms with E-state index in [1.807, 2.05) is 0 Å². The SMILES string of the molecule is CC(C)c1cc(C(F)(F)F)cc(S(=O)(=O)NC2CCCc3c(OCC(=O)O)cccc32)c1. The summed E-state index contributed by atoms with van der Waals surface area (Å²) in [5, 5.41) is 8.85. The van der Waals surface area contributed by atoms with Gasteiger partial charge in [0.1, 0.15) is 5.75 Å². The molecule has 2 aromatic rings. The number of benzene rings is 2. The zero-order chi connectivity index (χ0) is 23.7. The summed E-state index contributed by atoms with van der Waals surface area (Å²) in [5.74, 6) is -1.08. The second-order valence-corrected chi connectivity index (χ2v) is 9.73. The first-order chi connectivity index (χ1) is 14.9. The number of rotatable bonds is 7. The van der Waals surface area contributed by atoms with Crippen molar-refractivity contribution < 1.29 is 36.2 Å². The third-order valence-corrected chi connectivity index (χ3v) is 6.80. The third-order valence-electron chi connectivity index (χ3n) is 5.35. The van der Waals surface area contributed by atoms with Gasteiger partial charge in [0, 0.05) is 6.04 Å². The first-order valence-corrected chi connectivity index (χ1v) is 11.6. The molecule has 0 heterocycles. The number of halogens is 3. The lowest BCUT2D eigenvalue weighted by atomic mass is 9.87. The van der Waals surface area contributed by atoms with Crippen molar-refractivity contribution in [2.45, 2.75) is 56.1 Å². The van der Waals surface area contributed by atoms with Gasteiger partial charge in [-0.2, -0.15) is 13.2 Å². The maximum atomic E-state index is 13.4. The molecule has 1 unspecified atom stereocenters. The van der Waals surface area contributed by atoms with Gasteiger partial charge in [0.15, 0.2) is 6.61 Å². The van der Waals surface area contributed by atoms with Crippen LogP contribution in [0.2, 0.25) is 0 Å². The summed E-state index contributed by atoms with van der Waals surface area (Å²) < 4.78 is 74.1. The van der Waals surface area contributed by atoms with E-state index in [1.54, 1.807) is 32.0 Å². The Hall–Kier alpha value is -2.59. The molecule has 0 amide bonds. The van der Waals surface area contributed by atoms with Gasteiger partial charge in [-0.25, -0.2) is 17.9 Å². The van der Waals surface area contributed by atoms with Crippen LogP contribution in [0.5, 0.6) is 5.75 Å². The lowest BCUT2D eigenvalue weighted by Crippen LogP contribution is -2.31. The summed E-state index contributed by atoms with van der Waals surface area (Å²) in [6.07, 6.45) is -3.05. The normalized spacial score (nSPS) is 16.6. The lowest BCUT2D eigenvalue weighted by Gasteiger charge is -2.28. The van der Waals surface area contributed by atoms with Crippen molar-refractivity contribution in [3.63, 3.8) is 0 Å². The maximum absolute atomic E-state index is 13.4. The molecule has 0 bridgehead atoms. The molecule has 1 aliphatic carbocycles. The van der Waals surface area contributed by atoms with Crippen LogP contribution in [0.15, 0.2) is 41.3 Å². The number of alkyl halides is 3. The molecule has 0 radical (unpaired) electrons. The Labute approximate surface area is 184 Å². The average Bonchev–Trinajstić information content (AvgIpc) is 2.71. The molecule has 2 aromatic carbocycles. The minimum Gasteiger partial charge on any atom is -0.482 e. The van der Waals surface area contributed by atoms with Crippen LogP contribution in [0.25, 0.3) is 0 Å². The first kappa shape index (κ1) is 24.1. The van der Waals surface area contributed by atoms with E-state index in [-0.39, 0.29) is 11.5 Å². The highest BCUT2D eigenvalue weighted by Crippen LogP contribution is 2.37. The van der Waals surface area contributed by atoms with Gasteiger partial charge in [-0.05, 0) is 66.1 Å². The summed E-state index contributed by atoms with van der Waals surface area (Å²) >= 11 is 0. The molecular weight excluding hydrogens is 447 g/mol. The molecule has 0 saturated carbocycles. The van der Waals surface area contributed by atoms with Crippen molar-refractivity contribution >= 4 is 16.0 Å². The zero-order valence-corrected chi connectivity index (χ0v) is 18.4. The molecule has 6 nitrogen and oxygen atoms in total. The number of sulfonamides is 1. The highest BCUT2D eigenvalue weighted by atomic mass is 32.2. The number of carboxylic acids is 1. The number of carboxylic acid groups (broad SMARTS) is 1. The molecule has 0 spiro atoms. The molecule has 0 fully saturated rings. The first-order valence-electron chi connectivity index (χ1n) is 10.1. The second-order valence-electron chi connectivity index (χ2n) is 8.02. The Morgan fingerprint density at radius 1 is 1.25 bits per heavy atom. The Balaban J connectivity index is 1.96. The van der Waals surface area contributed by atoms with E-state index in [9.17, 15) is 26.4 Å². The standard InChI is InChI=1S/C22H24F3NO5S/c1-13(2)14-9-15(22(23,24)25)11-16(10-14)32(29,30)26-19-7-3-6-18-17(19)5-4-8-20(18)31-12-21(27)28/h4-5,8-11,13,19,26H,3,6-7,12H2,1-2H3,(H,27,28). The van der Waals surface area contributed by atoms with Gasteiger partial charge in [0.2, 0.25) is 10.0 Å². The molecule has 0 saturated heterocycles. The quantitative estimate of drug-likeness (QED) is 0.613. The molecule has 0 aliphatic heterocycles. The molecule has 0 aromatic heterocycles. The van der Waals surface area contributed by atoms with E-state index in [4.69, 9.17) is 9.84 Å². The number of aliphatic carboxylic acids is 1. The number of carbonyl (C=O) groups is 1. The molecule has 32 heavy (non-hydrogen) atoms. The van der Waals surface area contributed by atoms with Gasteiger partial charge in [-0.3, -0.25) is 0 Å². The Morgan fingerprint density at radius 3 is 2.59 bits per heavy atom. The fourth-order valence-electron chi connectivity index (χ4n) is 3.74. The smallest absolute Gasteiger partial charge is 0.416 e. The molecule has 1 atom stereocenters. The molecule has 174 valence electrons. The largest absolute Gasteiger partial charge is 0.482 e. The average molecular weight is 471 g/mol. The van der Waals surface area contributed by atoms with Gasteiger partial charge in [0.25, 0.3) is 0 Å². The summed E-state index contributed by atoms with van der Waals surface area (Å²) in [6.45, 7) is 2.85. The van der Waals surface area contributed by atoms with Crippen LogP contribution < -0.4 is 9.46 Å². The van der Waals surface area contributed by atoms with E-state index >= 15 is 0 Å². The zero-order valence-electron chi connectivity index (χ0n) is 17.6. The van der Waals surface area contributed by atoms with Crippen molar-refractivity contribution in [3.8, 4) is 5.75 Å². The Bertz CT molecular complexity index is 1110. The molecule has 3 rings (SSSR count). The van der Waals surface area contributed by atoms with E-state index in [2.05, 4.69) is 4.72 Å².